The van der Waals surface area contributed by atoms with Gasteiger partial charge in [-0.3, -0.25) is 9.69 Å². The van der Waals surface area contributed by atoms with Crippen molar-refractivity contribution in [2.75, 3.05) is 27.3 Å². The van der Waals surface area contributed by atoms with Crippen molar-refractivity contribution in [3.8, 4) is 11.5 Å². The maximum atomic E-state index is 12.0. The van der Waals surface area contributed by atoms with Crippen LogP contribution in [0.4, 0.5) is 0 Å². The lowest BCUT2D eigenvalue weighted by Gasteiger charge is -2.33. The molecule has 4 rings (SSSR count). The van der Waals surface area contributed by atoms with E-state index in [1.54, 1.807) is 25.8 Å². The number of aromatic nitrogens is 5. The summed E-state index contributed by atoms with van der Waals surface area (Å²) in [7, 11) is 3.33. The zero-order valence-corrected chi connectivity index (χ0v) is 17.0. The minimum absolute atomic E-state index is 0.242. The number of benzene rings is 1. The Hall–Kier alpha value is -2.94. The van der Waals surface area contributed by atoms with Crippen LogP contribution in [0, 0.1) is 12.8 Å². The fourth-order valence-corrected chi connectivity index (χ4v) is 4.11. The lowest BCUT2D eigenvalue weighted by atomic mass is 9.97. The SMILES string of the molecule is COc1cccc(CN2CCC[C@H](Cn3nnc4c(=O)[nH]c(C)nc43)C2)c1OC. The second-order valence-electron chi connectivity index (χ2n) is 7.49. The van der Waals surface area contributed by atoms with E-state index >= 15 is 0 Å². The number of hydrogen-bond acceptors (Lipinski definition) is 7. The molecule has 0 radical (unpaired) electrons. The van der Waals surface area contributed by atoms with Gasteiger partial charge in [0.15, 0.2) is 22.7 Å². The summed E-state index contributed by atoms with van der Waals surface area (Å²) in [6, 6.07) is 5.98. The van der Waals surface area contributed by atoms with E-state index in [-0.39, 0.29) is 5.56 Å². The largest absolute Gasteiger partial charge is 0.493 e. The Labute approximate surface area is 168 Å². The molecular weight excluding hydrogens is 372 g/mol. The summed E-state index contributed by atoms with van der Waals surface area (Å²) in [6.07, 6.45) is 2.21. The first-order chi connectivity index (χ1) is 14.1. The van der Waals surface area contributed by atoms with Crippen molar-refractivity contribution in [3.05, 3.63) is 39.9 Å². The van der Waals surface area contributed by atoms with Crippen LogP contribution >= 0.6 is 0 Å². The number of piperidine rings is 1. The van der Waals surface area contributed by atoms with Gasteiger partial charge in [-0.25, -0.2) is 9.67 Å². The molecule has 9 nitrogen and oxygen atoms in total. The Bertz CT molecular complexity index is 1060. The van der Waals surface area contributed by atoms with Crippen LogP contribution in [0.5, 0.6) is 11.5 Å². The third-order valence-electron chi connectivity index (χ3n) is 5.40. The molecule has 0 amide bonds. The van der Waals surface area contributed by atoms with E-state index in [1.165, 1.54) is 0 Å². The molecule has 0 bridgehead atoms. The monoisotopic (exact) mass is 398 g/mol. The number of nitrogens with zero attached hydrogens (tertiary/aromatic N) is 5. The normalized spacial score (nSPS) is 17.6. The number of methoxy groups -OCH3 is 2. The Morgan fingerprint density at radius 3 is 2.93 bits per heavy atom. The topological polar surface area (TPSA) is 98.2 Å². The third-order valence-corrected chi connectivity index (χ3v) is 5.40. The molecule has 3 aromatic rings. The number of nitrogens with one attached hydrogen (secondary N) is 1. The van der Waals surface area contributed by atoms with E-state index in [1.807, 2.05) is 12.1 Å². The average molecular weight is 398 g/mol. The maximum absolute atomic E-state index is 12.0. The second-order valence-corrected chi connectivity index (χ2v) is 7.49. The van der Waals surface area contributed by atoms with E-state index in [2.05, 4.69) is 31.2 Å². The van der Waals surface area contributed by atoms with Crippen LogP contribution in [0.3, 0.4) is 0 Å². The van der Waals surface area contributed by atoms with Crippen LogP contribution in [-0.2, 0) is 13.1 Å². The molecule has 0 unspecified atom stereocenters. The van der Waals surface area contributed by atoms with Gasteiger partial charge in [-0.1, -0.05) is 17.3 Å². The maximum Gasteiger partial charge on any atom is 0.281 e. The average Bonchev–Trinajstić information content (AvgIpc) is 3.11. The number of ether oxygens (including phenoxy) is 2. The van der Waals surface area contributed by atoms with Crippen molar-refractivity contribution >= 4 is 11.2 Å². The van der Waals surface area contributed by atoms with Crippen molar-refractivity contribution in [3.63, 3.8) is 0 Å². The highest BCUT2D eigenvalue weighted by Crippen LogP contribution is 2.32. The highest BCUT2D eigenvalue weighted by atomic mass is 16.5. The summed E-state index contributed by atoms with van der Waals surface area (Å²) in [4.78, 5) is 21.6. The molecule has 1 atom stereocenters. The van der Waals surface area contributed by atoms with Crippen LogP contribution in [0.2, 0.25) is 0 Å². The van der Waals surface area contributed by atoms with Gasteiger partial charge < -0.3 is 14.5 Å². The van der Waals surface area contributed by atoms with Crippen LogP contribution in [0.1, 0.15) is 24.2 Å². The molecule has 0 aliphatic carbocycles. The highest BCUT2D eigenvalue weighted by molar-refractivity contribution is 5.67. The van der Waals surface area contributed by atoms with Crippen molar-refractivity contribution in [2.45, 2.75) is 32.9 Å². The molecule has 29 heavy (non-hydrogen) atoms. The van der Waals surface area contributed by atoms with Crippen LogP contribution < -0.4 is 15.0 Å². The van der Waals surface area contributed by atoms with Gasteiger partial charge in [0, 0.05) is 25.2 Å². The van der Waals surface area contributed by atoms with Gasteiger partial charge in [-0.2, -0.15) is 0 Å². The van der Waals surface area contributed by atoms with Crippen LogP contribution in [0.25, 0.3) is 11.2 Å². The lowest BCUT2D eigenvalue weighted by molar-refractivity contribution is 0.152. The van der Waals surface area contributed by atoms with Crippen LogP contribution in [-0.4, -0.2) is 57.2 Å². The molecule has 9 heteroatoms. The molecule has 1 fully saturated rings. The minimum Gasteiger partial charge on any atom is -0.493 e. The van der Waals surface area contributed by atoms with Gasteiger partial charge >= 0.3 is 0 Å². The lowest BCUT2D eigenvalue weighted by Crippen LogP contribution is -2.36. The number of rotatable bonds is 6. The Kier molecular flexibility index (Phi) is 5.48. The molecule has 1 saturated heterocycles. The van der Waals surface area contributed by atoms with Crippen molar-refractivity contribution in [1.82, 2.24) is 29.9 Å². The first kappa shape index (κ1) is 19.4. The van der Waals surface area contributed by atoms with E-state index in [0.717, 1.165) is 49.5 Å². The van der Waals surface area contributed by atoms with Crippen molar-refractivity contribution < 1.29 is 9.47 Å². The third kappa shape index (κ3) is 3.95. The van der Waals surface area contributed by atoms with E-state index < -0.39 is 0 Å². The van der Waals surface area contributed by atoms with Crippen molar-refractivity contribution in [1.29, 1.82) is 0 Å². The van der Waals surface area contributed by atoms with E-state index in [0.29, 0.717) is 29.5 Å². The fourth-order valence-electron chi connectivity index (χ4n) is 4.11. The Morgan fingerprint density at radius 2 is 2.14 bits per heavy atom. The van der Waals surface area contributed by atoms with E-state index in [4.69, 9.17) is 9.47 Å². The quantitative estimate of drug-likeness (QED) is 0.675. The first-order valence-electron chi connectivity index (χ1n) is 9.81. The number of H-pyrrole nitrogens is 1. The Balaban J connectivity index is 1.49. The van der Waals surface area contributed by atoms with E-state index in [9.17, 15) is 4.79 Å². The molecule has 1 aliphatic rings. The molecule has 1 N–H and O–H groups in total. The number of aromatic amines is 1. The summed E-state index contributed by atoms with van der Waals surface area (Å²) in [5.41, 5.74) is 1.72. The summed E-state index contributed by atoms with van der Waals surface area (Å²) in [5, 5.41) is 8.20. The van der Waals surface area contributed by atoms with Gasteiger partial charge in [0.05, 0.1) is 14.2 Å². The molecule has 0 spiro atoms. The minimum atomic E-state index is -0.242. The first-order valence-corrected chi connectivity index (χ1v) is 9.81. The zero-order chi connectivity index (χ0) is 20.4. The van der Waals surface area contributed by atoms with Gasteiger partial charge in [0.2, 0.25) is 0 Å². The molecule has 154 valence electrons. The fraction of sp³-hybridized carbons (Fsp3) is 0.500. The zero-order valence-electron chi connectivity index (χ0n) is 17.0. The second kappa shape index (κ2) is 8.20. The predicted molar refractivity (Wildman–Crippen MR) is 108 cm³/mol. The number of para-hydroxylation sites is 1. The summed E-state index contributed by atoms with van der Waals surface area (Å²) in [6.45, 7) is 5.22. The number of aryl methyl sites for hydroxylation is 1. The summed E-state index contributed by atoms with van der Waals surface area (Å²) in [5.74, 6) is 2.52. The number of fused-ring (bicyclic) bond motifs is 1. The summed E-state index contributed by atoms with van der Waals surface area (Å²) < 4.78 is 12.8. The molecule has 1 aliphatic heterocycles. The molecule has 2 aromatic heterocycles. The summed E-state index contributed by atoms with van der Waals surface area (Å²) >= 11 is 0. The van der Waals surface area contributed by atoms with Gasteiger partial charge in [0.25, 0.3) is 5.56 Å². The van der Waals surface area contributed by atoms with Gasteiger partial charge in [-0.05, 0) is 38.3 Å². The smallest absolute Gasteiger partial charge is 0.281 e. The van der Waals surface area contributed by atoms with Gasteiger partial charge in [-0.15, -0.1) is 5.10 Å². The Morgan fingerprint density at radius 1 is 1.28 bits per heavy atom. The highest BCUT2D eigenvalue weighted by Gasteiger charge is 2.23. The number of likely N-dealkylation sites (tertiary alicyclic amines) is 1. The predicted octanol–water partition coefficient (Wildman–Crippen LogP) is 1.75. The molecule has 0 saturated carbocycles. The number of hydrogen-bond donors (Lipinski definition) is 1. The van der Waals surface area contributed by atoms with Gasteiger partial charge in [0.1, 0.15) is 5.82 Å². The van der Waals surface area contributed by atoms with Crippen molar-refractivity contribution in [2.24, 2.45) is 5.92 Å². The van der Waals surface area contributed by atoms with Crippen LogP contribution in [0.15, 0.2) is 23.0 Å². The molecular formula is C20H26N6O3. The standard InChI is InChI=1S/C20H26N6O3/c1-13-21-19-17(20(27)22-13)23-24-26(19)11-14-6-5-9-25(10-14)12-15-7-4-8-16(28-2)18(15)29-3/h4,7-8,14H,5-6,9-12H2,1-3H3,(H,21,22,27)/t14-/m0/s1. The molecule has 1 aromatic carbocycles. The molecule has 3 heterocycles.